The third-order valence-electron chi connectivity index (χ3n) is 4.90. The molecule has 2 aromatic carbocycles. The van der Waals surface area contributed by atoms with E-state index in [0.717, 1.165) is 0 Å². The van der Waals surface area contributed by atoms with Gasteiger partial charge in [0, 0.05) is 37.3 Å². The highest BCUT2D eigenvalue weighted by Gasteiger charge is 2.27. The van der Waals surface area contributed by atoms with Crippen molar-refractivity contribution in [2.45, 2.75) is 30.7 Å². The van der Waals surface area contributed by atoms with E-state index >= 15 is 0 Å². The Kier molecular flexibility index (Phi) is 6.73. The molecule has 0 aromatic heterocycles. The first kappa shape index (κ1) is 21.8. The van der Waals surface area contributed by atoms with E-state index < -0.39 is 10.0 Å². The van der Waals surface area contributed by atoms with Crippen LogP contribution in [0.2, 0.25) is 0 Å². The predicted octanol–water partition coefficient (Wildman–Crippen LogP) is 2.24. The molecule has 0 saturated carbocycles. The zero-order valence-electron chi connectivity index (χ0n) is 16.9. The molecule has 1 aliphatic rings. The van der Waals surface area contributed by atoms with Crippen molar-refractivity contribution >= 4 is 27.5 Å². The van der Waals surface area contributed by atoms with Crippen LogP contribution in [0.4, 0.5) is 5.69 Å². The fourth-order valence-corrected chi connectivity index (χ4v) is 4.66. The van der Waals surface area contributed by atoms with Gasteiger partial charge in [-0.2, -0.15) is 0 Å². The molecule has 0 spiro atoms. The Morgan fingerprint density at radius 1 is 1.07 bits per heavy atom. The summed E-state index contributed by atoms with van der Waals surface area (Å²) in [5.74, 6) is 0.242. The lowest BCUT2D eigenvalue weighted by atomic mass is 10.0. The standard InChI is InChI=1S/C21H25N3O5S/c1-15(25)22-18-5-3-4-16(14-18)21(26)24-12-10-17(11-13-24)23-30(27,28)20-8-6-19(29-2)7-9-20/h3-9,14,17,23H,10-13H2,1-2H3,(H,22,25). The van der Waals surface area contributed by atoms with Gasteiger partial charge in [0.1, 0.15) is 5.75 Å². The van der Waals surface area contributed by atoms with Crippen LogP contribution in [0, 0.1) is 0 Å². The Bertz CT molecular complexity index is 1010. The summed E-state index contributed by atoms with van der Waals surface area (Å²) in [5, 5.41) is 2.66. The molecule has 0 aliphatic carbocycles. The van der Waals surface area contributed by atoms with E-state index in [1.165, 1.54) is 26.2 Å². The number of sulfonamides is 1. The number of nitrogens with one attached hydrogen (secondary N) is 2. The van der Waals surface area contributed by atoms with Crippen LogP contribution in [0.3, 0.4) is 0 Å². The smallest absolute Gasteiger partial charge is 0.253 e. The Labute approximate surface area is 176 Å². The van der Waals surface area contributed by atoms with Crippen LogP contribution < -0.4 is 14.8 Å². The first-order chi connectivity index (χ1) is 14.3. The number of hydrogen-bond acceptors (Lipinski definition) is 5. The van der Waals surface area contributed by atoms with Crippen LogP contribution in [0.25, 0.3) is 0 Å². The monoisotopic (exact) mass is 431 g/mol. The fourth-order valence-electron chi connectivity index (χ4n) is 3.36. The molecule has 2 aromatic rings. The van der Waals surface area contributed by atoms with Crippen LogP contribution in [-0.4, -0.2) is 51.4 Å². The van der Waals surface area contributed by atoms with E-state index in [9.17, 15) is 18.0 Å². The molecule has 160 valence electrons. The van der Waals surface area contributed by atoms with Crippen LogP contribution in [-0.2, 0) is 14.8 Å². The van der Waals surface area contributed by atoms with E-state index in [1.807, 2.05) is 0 Å². The molecule has 8 nitrogen and oxygen atoms in total. The van der Waals surface area contributed by atoms with E-state index in [0.29, 0.717) is 42.9 Å². The third-order valence-corrected chi connectivity index (χ3v) is 6.44. The quantitative estimate of drug-likeness (QED) is 0.730. The maximum absolute atomic E-state index is 12.8. The molecular formula is C21H25N3O5S. The number of benzene rings is 2. The number of amides is 2. The maximum Gasteiger partial charge on any atom is 0.253 e. The summed E-state index contributed by atoms with van der Waals surface area (Å²) in [7, 11) is -2.12. The summed E-state index contributed by atoms with van der Waals surface area (Å²) < 4.78 is 33.0. The molecule has 2 amide bonds. The largest absolute Gasteiger partial charge is 0.497 e. The van der Waals surface area contributed by atoms with Crippen LogP contribution in [0.5, 0.6) is 5.75 Å². The summed E-state index contributed by atoms with van der Waals surface area (Å²) in [4.78, 5) is 25.9. The van der Waals surface area contributed by atoms with Gasteiger partial charge >= 0.3 is 0 Å². The molecule has 3 rings (SSSR count). The average molecular weight is 432 g/mol. The summed E-state index contributed by atoms with van der Waals surface area (Å²) in [6.45, 7) is 2.30. The minimum absolute atomic E-state index is 0.140. The Morgan fingerprint density at radius 3 is 2.33 bits per heavy atom. The van der Waals surface area contributed by atoms with Crippen LogP contribution >= 0.6 is 0 Å². The van der Waals surface area contributed by atoms with Crippen LogP contribution in [0.15, 0.2) is 53.4 Å². The number of anilines is 1. The van der Waals surface area contributed by atoms with E-state index in [1.54, 1.807) is 41.3 Å². The lowest BCUT2D eigenvalue weighted by molar-refractivity contribution is -0.114. The average Bonchev–Trinajstić information content (AvgIpc) is 2.73. The first-order valence-corrected chi connectivity index (χ1v) is 11.1. The maximum atomic E-state index is 12.8. The molecule has 1 aliphatic heterocycles. The number of hydrogen-bond donors (Lipinski definition) is 2. The molecule has 0 bridgehead atoms. The Hall–Kier alpha value is -2.91. The molecular weight excluding hydrogens is 406 g/mol. The predicted molar refractivity (Wildman–Crippen MR) is 113 cm³/mol. The zero-order chi connectivity index (χ0) is 21.7. The minimum atomic E-state index is -3.64. The van der Waals surface area contributed by atoms with E-state index in [-0.39, 0.29) is 22.8 Å². The van der Waals surface area contributed by atoms with Crippen molar-refractivity contribution < 1.29 is 22.7 Å². The van der Waals surface area contributed by atoms with Gasteiger partial charge in [0.05, 0.1) is 12.0 Å². The van der Waals surface area contributed by atoms with Gasteiger partial charge in [-0.05, 0) is 55.3 Å². The number of carbonyl (C=O) groups is 2. The van der Waals surface area contributed by atoms with Gasteiger partial charge in [-0.3, -0.25) is 9.59 Å². The zero-order valence-corrected chi connectivity index (χ0v) is 17.7. The molecule has 0 radical (unpaired) electrons. The fraction of sp³-hybridized carbons (Fsp3) is 0.333. The van der Waals surface area contributed by atoms with Gasteiger partial charge in [0.2, 0.25) is 15.9 Å². The highest BCUT2D eigenvalue weighted by atomic mass is 32.2. The van der Waals surface area contributed by atoms with Gasteiger partial charge in [0.25, 0.3) is 5.91 Å². The third kappa shape index (κ3) is 5.37. The number of methoxy groups -OCH3 is 1. The minimum Gasteiger partial charge on any atom is -0.497 e. The van der Waals surface area contributed by atoms with Gasteiger partial charge < -0.3 is 15.0 Å². The van der Waals surface area contributed by atoms with Crippen molar-refractivity contribution in [1.82, 2.24) is 9.62 Å². The summed E-state index contributed by atoms with van der Waals surface area (Å²) in [6, 6.07) is 12.7. The molecule has 1 fully saturated rings. The highest BCUT2D eigenvalue weighted by molar-refractivity contribution is 7.89. The molecule has 0 atom stereocenters. The Balaban J connectivity index is 1.59. The van der Waals surface area contributed by atoms with Crippen LogP contribution in [0.1, 0.15) is 30.1 Å². The second-order valence-electron chi connectivity index (χ2n) is 7.13. The number of ether oxygens (including phenoxy) is 1. The van der Waals surface area contributed by atoms with Crippen molar-refractivity contribution in [2.75, 3.05) is 25.5 Å². The SMILES string of the molecule is COc1ccc(S(=O)(=O)NC2CCN(C(=O)c3cccc(NC(C)=O)c3)CC2)cc1. The molecule has 1 saturated heterocycles. The first-order valence-electron chi connectivity index (χ1n) is 9.62. The summed E-state index contributed by atoms with van der Waals surface area (Å²) in [5.41, 5.74) is 1.05. The normalized spacial score (nSPS) is 14.9. The lowest BCUT2D eigenvalue weighted by Crippen LogP contribution is -2.46. The van der Waals surface area contributed by atoms with E-state index in [2.05, 4.69) is 10.0 Å². The number of piperidine rings is 1. The number of nitrogens with zero attached hydrogens (tertiary/aromatic N) is 1. The highest BCUT2D eigenvalue weighted by Crippen LogP contribution is 2.20. The second-order valence-corrected chi connectivity index (χ2v) is 8.84. The molecule has 1 heterocycles. The van der Waals surface area contributed by atoms with Gasteiger partial charge in [-0.1, -0.05) is 6.07 Å². The van der Waals surface area contributed by atoms with Crippen molar-refractivity contribution in [3.8, 4) is 5.75 Å². The second kappa shape index (κ2) is 9.27. The van der Waals surface area contributed by atoms with Gasteiger partial charge in [-0.15, -0.1) is 0 Å². The van der Waals surface area contributed by atoms with Crippen molar-refractivity contribution in [2.24, 2.45) is 0 Å². The lowest BCUT2D eigenvalue weighted by Gasteiger charge is -2.32. The summed E-state index contributed by atoms with van der Waals surface area (Å²) >= 11 is 0. The van der Waals surface area contributed by atoms with E-state index in [4.69, 9.17) is 4.74 Å². The summed E-state index contributed by atoms with van der Waals surface area (Å²) in [6.07, 6.45) is 1.04. The van der Waals surface area contributed by atoms with Crippen molar-refractivity contribution in [1.29, 1.82) is 0 Å². The van der Waals surface area contributed by atoms with Gasteiger partial charge in [-0.25, -0.2) is 13.1 Å². The number of carbonyl (C=O) groups excluding carboxylic acids is 2. The number of rotatable bonds is 6. The van der Waals surface area contributed by atoms with Crippen molar-refractivity contribution in [3.63, 3.8) is 0 Å². The molecule has 30 heavy (non-hydrogen) atoms. The topological polar surface area (TPSA) is 105 Å². The molecule has 9 heteroatoms. The molecule has 0 unspecified atom stereocenters. The van der Waals surface area contributed by atoms with Gasteiger partial charge in [0.15, 0.2) is 0 Å². The van der Waals surface area contributed by atoms with Crippen molar-refractivity contribution in [3.05, 3.63) is 54.1 Å². The number of likely N-dealkylation sites (tertiary alicyclic amines) is 1. The Morgan fingerprint density at radius 2 is 1.73 bits per heavy atom. The molecule has 2 N–H and O–H groups in total.